The van der Waals surface area contributed by atoms with Gasteiger partial charge >= 0.3 is 6.09 Å². The van der Waals surface area contributed by atoms with Crippen molar-refractivity contribution in [2.45, 2.75) is 13.8 Å². The van der Waals surface area contributed by atoms with E-state index in [1.807, 2.05) is 10.9 Å². The van der Waals surface area contributed by atoms with Gasteiger partial charge in [-0.2, -0.15) is 0 Å². The lowest BCUT2D eigenvalue weighted by Crippen LogP contribution is -2.41. The molecule has 0 unspecified atom stereocenters. The van der Waals surface area contributed by atoms with Crippen molar-refractivity contribution in [3.05, 3.63) is 12.0 Å². The number of aliphatic hydroxyl groups is 1. The molecule has 0 saturated heterocycles. The van der Waals surface area contributed by atoms with Crippen molar-refractivity contribution < 1.29 is 24.2 Å². The molecule has 0 radical (unpaired) electrons. The van der Waals surface area contributed by atoms with Gasteiger partial charge in [0.2, 0.25) is 0 Å². The molecule has 7 heteroatoms. The minimum Gasteiger partial charge on any atom is -0.481 e. The first kappa shape index (κ1) is 13.1. The van der Waals surface area contributed by atoms with Gasteiger partial charge in [-0.1, -0.05) is 0 Å². The van der Waals surface area contributed by atoms with Gasteiger partial charge in [-0.25, -0.2) is 10.2 Å². The van der Waals surface area contributed by atoms with Gasteiger partial charge in [-0.15, -0.1) is 0 Å². The number of ether oxygens (including phenoxy) is 2. The maximum atomic E-state index is 10.9. The second kappa shape index (κ2) is 7.48. The minimum absolute atomic E-state index is 0.196. The van der Waals surface area contributed by atoms with Gasteiger partial charge in [-0.05, 0) is 13.8 Å². The van der Waals surface area contributed by atoms with E-state index in [0.717, 1.165) is 6.08 Å². The molecule has 7 nitrogen and oxygen atoms in total. The van der Waals surface area contributed by atoms with Gasteiger partial charge in [0.15, 0.2) is 0 Å². The molecule has 0 aromatic heterocycles. The predicted molar refractivity (Wildman–Crippen MR) is 50.6 cm³/mol. The summed E-state index contributed by atoms with van der Waals surface area (Å²) in [6.45, 7) is 3.71. The number of rotatable bonds is 4. The quantitative estimate of drug-likeness (QED) is 0.356. The van der Waals surface area contributed by atoms with E-state index in [0.29, 0.717) is 0 Å². The number of hydrogen-bond donors (Lipinski definition) is 3. The average Bonchev–Trinajstić information content (AvgIpc) is 2.15. The zero-order valence-electron chi connectivity index (χ0n) is 8.57. The summed E-state index contributed by atoms with van der Waals surface area (Å²) in [5.74, 6) is -1.25. The van der Waals surface area contributed by atoms with E-state index >= 15 is 0 Å². The van der Waals surface area contributed by atoms with Crippen LogP contribution in [0.4, 0.5) is 4.79 Å². The fourth-order valence-corrected chi connectivity index (χ4v) is 0.618. The Labute approximate surface area is 87.0 Å². The number of carbonyl (C=O) groups excluding carboxylic acids is 2. The topological polar surface area (TPSA) is 96.9 Å². The highest BCUT2D eigenvalue weighted by atomic mass is 16.6. The van der Waals surface area contributed by atoms with Crippen LogP contribution in [0.25, 0.3) is 0 Å². The molecule has 0 aromatic rings. The van der Waals surface area contributed by atoms with Crippen molar-refractivity contribution in [1.82, 2.24) is 10.9 Å². The Morgan fingerprint density at radius 2 is 1.80 bits per heavy atom. The number of aliphatic hydroxyl groups excluding tert-OH is 1. The number of carbonyl (C=O) groups is 2. The van der Waals surface area contributed by atoms with Crippen molar-refractivity contribution in [3.8, 4) is 0 Å². The first-order chi connectivity index (χ1) is 7.10. The molecule has 86 valence electrons. The zero-order chi connectivity index (χ0) is 11.7. The molecule has 0 spiro atoms. The molecule has 0 aliphatic rings. The number of amides is 2. The number of nitrogens with one attached hydrogen (secondary N) is 2. The lowest BCUT2D eigenvalue weighted by atomic mass is 10.6. The van der Waals surface area contributed by atoms with Crippen LogP contribution >= 0.6 is 0 Å². The van der Waals surface area contributed by atoms with Gasteiger partial charge in [0, 0.05) is 0 Å². The molecule has 0 fully saturated rings. The van der Waals surface area contributed by atoms with Crippen LogP contribution in [0.2, 0.25) is 0 Å². The largest absolute Gasteiger partial charge is 0.481 e. The molecule has 0 rings (SSSR count). The monoisotopic (exact) mass is 218 g/mol. The van der Waals surface area contributed by atoms with Crippen molar-refractivity contribution >= 4 is 12.0 Å². The van der Waals surface area contributed by atoms with Crippen LogP contribution in [0.15, 0.2) is 12.0 Å². The summed E-state index contributed by atoms with van der Waals surface area (Å²) >= 11 is 0. The molecule has 0 aliphatic heterocycles. The third-order valence-electron chi connectivity index (χ3n) is 1.11. The fraction of sp³-hybridized carbons (Fsp3) is 0.500. The third-order valence-corrected chi connectivity index (χ3v) is 1.11. The molecule has 0 saturated carbocycles. The molecule has 3 N–H and O–H groups in total. The van der Waals surface area contributed by atoms with Crippen LogP contribution in [-0.2, 0) is 14.3 Å². The molecule has 0 aliphatic carbocycles. The summed E-state index contributed by atoms with van der Waals surface area (Å²) in [5.41, 5.74) is 3.94. The maximum absolute atomic E-state index is 10.9. The highest BCUT2D eigenvalue weighted by Crippen LogP contribution is 1.89. The third kappa shape index (κ3) is 7.17. The second-order valence-corrected chi connectivity index (χ2v) is 2.25. The maximum Gasteiger partial charge on any atom is 0.426 e. The van der Waals surface area contributed by atoms with E-state index in [-0.39, 0.29) is 13.2 Å². The molecule has 15 heavy (non-hydrogen) atoms. The van der Waals surface area contributed by atoms with Crippen molar-refractivity contribution in [2.75, 3.05) is 13.2 Å². The molecule has 0 atom stereocenters. The van der Waals surface area contributed by atoms with Gasteiger partial charge in [-0.3, -0.25) is 10.2 Å². The number of hydrogen-bond acceptors (Lipinski definition) is 5. The van der Waals surface area contributed by atoms with Crippen molar-refractivity contribution in [1.29, 1.82) is 0 Å². The van der Waals surface area contributed by atoms with E-state index < -0.39 is 17.9 Å². The Bertz CT molecular complexity index is 251. The van der Waals surface area contributed by atoms with E-state index in [1.54, 1.807) is 13.8 Å². The summed E-state index contributed by atoms with van der Waals surface area (Å²) in [7, 11) is 0. The van der Waals surface area contributed by atoms with Crippen LogP contribution in [-0.4, -0.2) is 30.3 Å². The van der Waals surface area contributed by atoms with Gasteiger partial charge in [0.25, 0.3) is 11.9 Å². The smallest absolute Gasteiger partial charge is 0.426 e. The molecular weight excluding hydrogens is 204 g/mol. The minimum atomic E-state index is -0.782. The number of hydrazine groups is 1. The van der Waals surface area contributed by atoms with Crippen LogP contribution in [0.3, 0.4) is 0 Å². The Kier molecular flexibility index (Phi) is 6.52. The van der Waals surface area contributed by atoms with E-state index in [2.05, 4.69) is 9.47 Å². The molecule has 2 amide bonds. The SMILES string of the molecule is CCOC(=O)NNC(=O)/C=C(\O)OCC. The van der Waals surface area contributed by atoms with Gasteiger partial charge in [0.1, 0.15) is 0 Å². The van der Waals surface area contributed by atoms with E-state index in [4.69, 9.17) is 5.11 Å². The van der Waals surface area contributed by atoms with Crippen LogP contribution in [0.5, 0.6) is 0 Å². The summed E-state index contributed by atoms with van der Waals surface area (Å²) in [6, 6.07) is 0. The second-order valence-electron chi connectivity index (χ2n) is 2.25. The van der Waals surface area contributed by atoms with Crippen LogP contribution < -0.4 is 10.9 Å². The Balaban J connectivity index is 3.84. The molecular formula is C8H14N2O5. The lowest BCUT2D eigenvalue weighted by Gasteiger charge is -2.05. The summed E-state index contributed by atoms with van der Waals surface area (Å²) < 4.78 is 9.04. The Morgan fingerprint density at radius 1 is 1.20 bits per heavy atom. The van der Waals surface area contributed by atoms with E-state index in [9.17, 15) is 9.59 Å². The fourth-order valence-electron chi connectivity index (χ4n) is 0.618. The summed E-state index contributed by atoms with van der Waals surface area (Å²) in [4.78, 5) is 21.6. The average molecular weight is 218 g/mol. The Morgan fingerprint density at radius 3 is 2.33 bits per heavy atom. The highest BCUT2D eigenvalue weighted by molar-refractivity contribution is 5.88. The normalized spacial score (nSPS) is 10.4. The Hall–Kier alpha value is -1.92. The lowest BCUT2D eigenvalue weighted by molar-refractivity contribution is -0.117. The zero-order valence-corrected chi connectivity index (χ0v) is 8.57. The standard InChI is InChI=1S/C8H14N2O5/c1-3-14-7(12)5-6(11)9-10-8(13)15-4-2/h5,12H,3-4H2,1-2H3,(H,9,11)(H,10,13)/b7-5+. The first-order valence-electron chi connectivity index (χ1n) is 4.36. The van der Waals surface area contributed by atoms with Crippen LogP contribution in [0.1, 0.15) is 13.8 Å². The van der Waals surface area contributed by atoms with E-state index in [1.165, 1.54) is 0 Å². The van der Waals surface area contributed by atoms with Crippen LogP contribution in [0, 0.1) is 0 Å². The van der Waals surface area contributed by atoms with Gasteiger partial charge < -0.3 is 14.6 Å². The van der Waals surface area contributed by atoms with Crippen molar-refractivity contribution in [3.63, 3.8) is 0 Å². The van der Waals surface area contributed by atoms with Gasteiger partial charge in [0.05, 0.1) is 19.3 Å². The summed E-state index contributed by atoms with van der Waals surface area (Å²) in [6.07, 6.45) is 0.00516. The molecule has 0 heterocycles. The van der Waals surface area contributed by atoms with Crippen molar-refractivity contribution in [2.24, 2.45) is 0 Å². The molecule has 0 bridgehead atoms. The molecule has 0 aromatic carbocycles. The highest BCUT2D eigenvalue weighted by Gasteiger charge is 2.03. The first-order valence-corrected chi connectivity index (χ1v) is 4.36. The summed E-state index contributed by atoms with van der Waals surface area (Å²) in [5, 5.41) is 8.92. The predicted octanol–water partition coefficient (Wildman–Crippen LogP) is 0.200.